The summed E-state index contributed by atoms with van der Waals surface area (Å²) in [6.07, 6.45) is 6.15. The highest BCUT2D eigenvalue weighted by molar-refractivity contribution is 5.41. The lowest BCUT2D eigenvalue weighted by Crippen LogP contribution is -2.41. The van der Waals surface area contributed by atoms with E-state index in [1.54, 1.807) is 0 Å². The molecule has 3 heteroatoms. The normalized spacial score (nSPS) is 21.4. The highest BCUT2D eigenvalue weighted by atomic mass is 16.5. The molecule has 2 aliphatic rings. The van der Waals surface area contributed by atoms with Gasteiger partial charge in [-0.15, -0.1) is 0 Å². The summed E-state index contributed by atoms with van der Waals surface area (Å²) in [7, 11) is 2.19. The van der Waals surface area contributed by atoms with Crippen LogP contribution in [0.3, 0.4) is 0 Å². The maximum Gasteiger partial charge on any atom is 0.141 e. The topological polar surface area (TPSA) is 25.4 Å². The van der Waals surface area contributed by atoms with Gasteiger partial charge in [0.1, 0.15) is 5.75 Å². The van der Waals surface area contributed by atoms with Crippen LogP contribution >= 0.6 is 0 Å². The molecule has 1 aromatic rings. The molecule has 0 saturated carbocycles. The van der Waals surface area contributed by atoms with Crippen molar-refractivity contribution < 1.29 is 4.74 Å². The summed E-state index contributed by atoms with van der Waals surface area (Å²) in [6, 6.07) is 2.13. The zero-order chi connectivity index (χ0) is 12.3. The lowest BCUT2D eigenvalue weighted by Gasteiger charge is -2.36. The number of hydrogen-bond acceptors (Lipinski definition) is 3. The molecular weight excluding hydrogens is 212 g/mol. The van der Waals surface area contributed by atoms with Gasteiger partial charge in [0.25, 0.3) is 0 Å². The molecule has 3 rings (SSSR count). The largest absolute Gasteiger partial charge is 0.491 e. The van der Waals surface area contributed by atoms with Gasteiger partial charge < -0.3 is 9.64 Å². The highest BCUT2D eigenvalue weighted by Gasteiger charge is 2.42. The van der Waals surface area contributed by atoms with E-state index in [9.17, 15) is 0 Å². The van der Waals surface area contributed by atoms with E-state index < -0.39 is 0 Å². The number of piperidine rings is 1. The van der Waals surface area contributed by atoms with Crippen molar-refractivity contribution in [2.24, 2.45) is 0 Å². The Balaban J connectivity index is 0.000000514. The molecule has 17 heavy (non-hydrogen) atoms. The van der Waals surface area contributed by atoms with Gasteiger partial charge in [-0.3, -0.25) is 4.98 Å². The minimum atomic E-state index is 0.283. The van der Waals surface area contributed by atoms with E-state index in [-0.39, 0.29) is 5.41 Å². The molecule has 2 aliphatic heterocycles. The van der Waals surface area contributed by atoms with Gasteiger partial charge in [-0.2, -0.15) is 0 Å². The quantitative estimate of drug-likeness (QED) is 0.689. The van der Waals surface area contributed by atoms with E-state index in [4.69, 9.17) is 4.74 Å². The number of likely N-dealkylation sites (tertiary alicyclic amines) is 1. The first-order valence-electron chi connectivity index (χ1n) is 6.56. The van der Waals surface area contributed by atoms with Crippen molar-refractivity contribution in [1.82, 2.24) is 9.88 Å². The molecule has 0 radical (unpaired) electrons. The smallest absolute Gasteiger partial charge is 0.141 e. The molecule has 0 N–H and O–H groups in total. The Hall–Kier alpha value is -1.09. The van der Waals surface area contributed by atoms with Crippen LogP contribution in [0.4, 0.5) is 0 Å². The van der Waals surface area contributed by atoms with Crippen LogP contribution in [0.25, 0.3) is 0 Å². The Labute approximate surface area is 104 Å². The Morgan fingerprint density at radius 3 is 2.71 bits per heavy atom. The molecule has 0 amide bonds. The first-order valence-corrected chi connectivity index (χ1v) is 6.56. The lowest BCUT2D eigenvalue weighted by molar-refractivity contribution is 0.155. The molecule has 3 nitrogen and oxygen atoms in total. The van der Waals surface area contributed by atoms with E-state index >= 15 is 0 Å². The monoisotopic (exact) mass is 234 g/mol. The third-order valence-corrected chi connectivity index (χ3v) is 3.80. The van der Waals surface area contributed by atoms with Crippen molar-refractivity contribution in [2.45, 2.75) is 32.1 Å². The molecule has 1 fully saturated rings. The summed E-state index contributed by atoms with van der Waals surface area (Å²) < 4.78 is 5.75. The summed E-state index contributed by atoms with van der Waals surface area (Å²) in [4.78, 5) is 6.51. The third kappa shape index (κ3) is 2.16. The van der Waals surface area contributed by atoms with E-state index in [1.165, 1.54) is 31.5 Å². The van der Waals surface area contributed by atoms with E-state index in [0.29, 0.717) is 0 Å². The van der Waals surface area contributed by atoms with E-state index in [2.05, 4.69) is 23.0 Å². The number of aromatic nitrogens is 1. The second-order valence-corrected chi connectivity index (χ2v) is 4.74. The number of pyridine rings is 1. The maximum atomic E-state index is 5.75. The van der Waals surface area contributed by atoms with Gasteiger partial charge in [-0.05, 0) is 39.0 Å². The Morgan fingerprint density at radius 2 is 2.00 bits per heavy atom. The van der Waals surface area contributed by atoms with Crippen LogP contribution in [0.5, 0.6) is 5.75 Å². The standard InChI is InChI=1S/C12H16N2O.C2H6/c1-14-6-3-12(4-7-14)9-15-11-8-13-5-2-10(11)12;1-2/h2,5,8H,3-4,6-7,9H2,1H3;1-2H3. The van der Waals surface area contributed by atoms with Gasteiger partial charge in [0, 0.05) is 17.2 Å². The number of rotatable bonds is 0. The van der Waals surface area contributed by atoms with Gasteiger partial charge in [0.05, 0.1) is 12.8 Å². The van der Waals surface area contributed by atoms with E-state index in [1.807, 2.05) is 26.2 Å². The van der Waals surface area contributed by atoms with Crippen molar-refractivity contribution in [1.29, 1.82) is 0 Å². The molecule has 1 saturated heterocycles. The van der Waals surface area contributed by atoms with Crippen LogP contribution in [-0.4, -0.2) is 36.6 Å². The third-order valence-electron chi connectivity index (χ3n) is 3.80. The van der Waals surface area contributed by atoms with Crippen molar-refractivity contribution >= 4 is 0 Å². The molecule has 0 unspecified atom stereocenters. The lowest BCUT2D eigenvalue weighted by atomic mass is 9.75. The fourth-order valence-electron chi connectivity index (χ4n) is 2.69. The molecular formula is C14H22N2O. The molecule has 0 aliphatic carbocycles. The number of hydrogen-bond donors (Lipinski definition) is 0. The van der Waals surface area contributed by atoms with Crippen LogP contribution in [-0.2, 0) is 5.41 Å². The van der Waals surface area contributed by atoms with Gasteiger partial charge >= 0.3 is 0 Å². The molecule has 3 heterocycles. The second kappa shape index (κ2) is 5.05. The Kier molecular flexibility index (Phi) is 3.67. The number of fused-ring (bicyclic) bond motifs is 2. The molecule has 0 aromatic carbocycles. The first-order chi connectivity index (χ1) is 8.30. The maximum absolute atomic E-state index is 5.75. The van der Waals surface area contributed by atoms with Crippen molar-refractivity contribution in [3.63, 3.8) is 0 Å². The SMILES string of the molecule is CC.CN1CCC2(CC1)COc1cnccc12. The van der Waals surface area contributed by atoms with Crippen LogP contribution in [0, 0.1) is 0 Å². The Bertz CT molecular complexity index is 370. The van der Waals surface area contributed by atoms with Gasteiger partial charge in [-0.1, -0.05) is 13.8 Å². The summed E-state index contributed by atoms with van der Waals surface area (Å²) in [5.74, 6) is 1.00. The summed E-state index contributed by atoms with van der Waals surface area (Å²) in [5.41, 5.74) is 1.66. The van der Waals surface area contributed by atoms with Crippen LogP contribution in [0.2, 0.25) is 0 Å². The average Bonchev–Trinajstić information content (AvgIpc) is 2.76. The van der Waals surface area contributed by atoms with Crippen molar-refractivity contribution in [2.75, 3.05) is 26.7 Å². The molecule has 94 valence electrons. The van der Waals surface area contributed by atoms with Gasteiger partial charge in [0.2, 0.25) is 0 Å². The predicted molar refractivity (Wildman–Crippen MR) is 69.5 cm³/mol. The van der Waals surface area contributed by atoms with Gasteiger partial charge in [0.15, 0.2) is 0 Å². The van der Waals surface area contributed by atoms with Crippen molar-refractivity contribution in [3.8, 4) is 5.75 Å². The highest BCUT2D eigenvalue weighted by Crippen LogP contribution is 2.44. The summed E-state index contributed by atoms with van der Waals surface area (Å²) in [5, 5.41) is 0. The minimum absolute atomic E-state index is 0.283. The van der Waals surface area contributed by atoms with Crippen molar-refractivity contribution in [3.05, 3.63) is 24.0 Å². The number of ether oxygens (including phenoxy) is 1. The van der Waals surface area contributed by atoms with Crippen LogP contribution in [0.15, 0.2) is 18.5 Å². The molecule has 0 atom stereocenters. The van der Waals surface area contributed by atoms with Crippen LogP contribution < -0.4 is 4.74 Å². The summed E-state index contributed by atoms with van der Waals surface area (Å²) >= 11 is 0. The molecule has 1 aromatic heterocycles. The predicted octanol–water partition coefficient (Wildman–Crippen LogP) is 2.46. The molecule has 1 spiro atoms. The van der Waals surface area contributed by atoms with Gasteiger partial charge in [-0.25, -0.2) is 0 Å². The summed E-state index contributed by atoms with van der Waals surface area (Å²) in [6.45, 7) is 7.19. The number of nitrogens with zero attached hydrogens (tertiary/aromatic N) is 2. The zero-order valence-electron chi connectivity index (χ0n) is 11.1. The fraction of sp³-hybridized carbons (Fsp3) is 0.643. The fourth-order valence-corrected chi connectivity index (χ4v) is 2.69. The first kappa shape index (κ1) is 12.4. The van der Waals surface area contributed by atoms with E-state index in [0.717, 1.165) is 12.4 Å². The zero-order valence-corrected chi connectivity index (χ0v) is 11.1. The molecule has 0 bridgehead atoms. The average molecular weight is 234 g/mol. The minimum Gasteiger partial charge on any atom is -0.491 e. The van der Waals surface area contributed by atoms with Crippen LogP contribution in [0.1, 0.15) is 32.3 Å². The Morgan fingerprint density at radius 1 is 1.29 bits per heavy atom. The second-order valence-electron chi connectivity index (χ2n) is 4.74.